The van der Waals surface area contributed by atoms with Gasteiger partial charge in [-0.25, -0.2) is 0 Å². The van der Waals surface area contributed by atoms with Gasteiger partial charge in [0.2, 0.25) is 0 Å². The summed E-state index contributed by atoms with van der Waals surface area (Å²) in [5.74, 6) is 0.0920. The van der Waals surface area contributed by atoms with Gasteiger partial charge in [-0.2, -0.15) is 0 Å². The highest BCUT2D eigenvalue weighted by Gasteiger charge is 2.54. The maximum Gasteiger partial charge on any atom is 0.0714 e. The van der Waals surface area contributed by atoms with Crippen molar-refractivity contribution in [3.05, 3.63) is 303 Å². The Morgan fingerprint density at radius 1 is 0.392 bits per heavy atom. The highest BCUT2D eigenvalue weighted by Crippen LogP contribution is 2.63. The van der Waals surface area contributed by atoms with E-state index in [1.807, 2.05) is 0 Å². The molecule has 0 heterocycles. The van der Waals surface area contributed by atoms with E-state index in [0.29, 0.717) is 0 Å². The minimum absolute atomic E-state index is 0.0535. The number of benzene rings is 9. The molecule has 0 N–H and O–H groups in total. The summed E-state index contributed by atoms with van der Waals surface area (Å²) in [6.07, 6.45) is 5.86. The smallest absolute Gasteiger partial charge is 0.0714 e. The molecule has 4 aliphatic carbocycles. The van der Waals surface area contributed by atoms with E-state index in [2.05, 4.69) is 291 Å². The monoisotopic (exact) mass is 956 g/mol. The van der Waals surface area contributed by atoms with Gasteiger partial charge in [-0.1, -0.05) is 256 Å². The van der Waals surface area contributed by atoms with E-state index in [-0.39, 0.29) is 22.2 Å². The highest BCUT2D eigenvalue weighted by molar-refractivity contribution is 5.94. The summed E-state index contributed by atoms with van der Waals surface area (Å²) >= 11 is 0. The molecule has 4 aliphatic rings. The van der Waals surface area contributed by atoms with Gasteiger partial charge >= 0.3 is 0 Å². The fraction of sp³-hybridized carbons (Fsp3) is 0.205. The quantitative estimate of drug-likeness (QED) is 0.154. The normalized spacial score (nSPS) is 18.5. The zero-order valence-corrected chi connectivity index (χ0v) is 44.2. The first kappa shape index (κ1) is 46.1. The van der Waals surface area contributed by atoms with Crippen molar-refractivity contribution < 1.29 is 0 Å². The molecular formula is C73H65N. The van der Waals surface area contributed by atoms with Gasteiger partial charge in [-0.15, -0.1) is 0 Å². The molecule has 0 saturated heterocycles. The summed E-state index contributed by atoms with van der Waals surface area (Å²) in [6.45, 7) is 19.0. The van der Waals surface area contributed by atoms with Gasteiger partial charge in [0.1, 0.15) is 0 Å². The van der Waals surface area contributed by atoms with Crippen LogP contribution < -0.4 is 4.90 Å². The molecule has 2 atom stereocenters. The predicted molar refractivity (Wildman–Crippen MR) is 311 cm³/mol. The molecule has 0 fully saturated rings. The van der Waals surface area contributed by atoms with Crippen LogP contribution >= 0.6 is 0 Å². The molecule has 362 valence electrons. The van der Waals surface area contributed by atoms with E-state index >= 15 is 0 Å². The van der Waals surface area contributed by atoms with Gasteiger partial charge in [0.05, 0.1) is 10.8 Å². The second kappa shape index (κ2) is 16.6. The van der Waals surface area contributed by atoms with Gasteiger partial charge in [-0.3, -0.25) is 0 Å². The van der Waals surface area contributed by atoms with Crippen LogP contribution in [0.25, 0.3) is 27.8 Å². The Kier molecular flexibility index (Phi) is 10.4. The first-order valence-corrected chi connectivity index (χ1v) is 26.9. The van der Waals surface area contributed by atoms with Crippen LogP contribution in [0.5, 0.6) is 0 Å². The van der Waals surface area contributed by atoms with Crippen LogP contribution in [0, 0.1) is 5.92 Å². The molecular weight excluding hydrogens is 891 g/mol. The van der Waals surface area contributed by atoms with Crippen molar-refractivity contribution in [2.45, 2.75) is 88.9 Å². The van der Waals surface area contributed by atoms with Gasteiger partial charge in [0.25, 0.3) is 0 Å². The van der Waals surface area contributed by atoms with Crippen molar-refractivity contribution >= 4 is 16.9 Å². The Labute approximate surface area is 439 Å². The van der Waals surface area contributed by atoms with Crippen molar-refractivity contribution in [1.82, 2.24) is 0 Å². The summed E-state index contributed by atoms with van der Waals surface area (Å²) in [5.41, 5.74) is 24.9. The fourth-order valence-electron chi connectivity index (χ4n) is 14.0. The zero-order chi connectivity index (χ0) is 50.8. The van der Waals surface area contributed by atoms with Crippen LogP contribution in [0.15, 0.2) is 236 Å². The first-order valence-electron chi connectivity index (χ1n) is 26.9. The standard InChI is InChI=1S/C73H65N/c1-69(2,3)51-43-52(70(4,5)6)45-53(44-51)73(50-29-16-11-17-30-50)63-36-23-20-33-60(63)68-64(73)37-24-38-67(68)74(54-39-41-58-56-31-18-21-34-61(56)71(7,8)65(58)46-54)55-40-42-59-57-32-19-22-35-62(57)72(66(59)47-55,48-25-12-9-13-26-48)49-27-14-10-15-28-49/h9-36,38-47,64H,37H2,1-8H3. The van der Waals surface area contributed by atoms with Gasteiger partial charge < -0.3 is 4.90 Å². The molecule has 0 radical (unpaired) electrons. The Balaban J connectivity index is 1.13. The number of hydrogen-bond acceptors (Lipinski definition) is 1. The van der Waals surface area contributed by atoms with Gasteiger partial charge in [-0.05, 0) is 142 Å². The molecule has 9 aromatic rings. The average molecular weight is 956 g/mol. The van der Waals surface area contributed by atoms with E-state index in [4.69, 9.17) is 0 Å². The molecule has 2 unspecified atom stereocenters. The molecule has 0 amide bonds. The van der Waals surface area contributed by atoms with Gasteiger partial charge in [0.15, 0.2) is 0 Å². The lowest BCUT2D eigenvalue weighted by Gasteiger charge is -2.42. The second-order valence-corrected chi connectivity index (χ2v) is 24.0. The Morgan fingerprint density at radius 2 is 0.838 bits per heavy atom. The number of rotatable bonds is 7. The van der Waals surface area contributed by atoms with E-state index in [1.165, 1.54) is 100 Å². The summed E-state index contributed by atoms with van der Waals surface area (Å²) in [4.78, 5) is 2.64. The Hall–Kier alpha value is -7.74. The third-order valence-electron chi connectivity index (χ3n) is 17.6. The van der Waals surface area contributed by atoms with Gasteiger partial charge in [0, 0.05) is 28.4 Å². The number of hydrogen-bond donors (Lipinski definition) is 0. The predicted octanol–water partition coefficient (Wildman–Crippen LogP) is 18.4. The van der Waals surface area contributed by atoms with Crippen molar-refractivity contribution in [2.75, 3.05) is 4.90 Å². The fourth-order valence-corrected chi connectivity index (χ4v) is 14.0. The minimum atomic E-state index is -0.550. The zero-order valence-electron chi connectivity index (χ0n) is 44.2. The maximum atomic E-state index is 2.64. The topological polar surface area (TPSA) is 3.24 Å². The van der Waals surface area contributed by atoms with Crippen LogP contribution in [0.1, 0.15) is 129 Å². The average Bonchev–Trinajstić information content (AvgIpc) is 3.98. The minimum Gasteiger partial charge on any atom is -0.310 e. The Morgan fingerprint density at radius 3 is 1.41 bits per heavy atom. The number of fused-ring (bicyclic) bond motifs is 9. The SMILES string of the molecule is CC(C)(C)c1cc(C(C)(C)C)cc(C2(c3ccccc3)c3ccccc3C3=C(N(c4ccc5c(c4)C(C)(C)c4ccccc4-5)c4ccc5c(c4)C(c4ccccc4)(c4ccccc4)c4ccccc4-5)C=CCC32)c1. The molecule has 0 aliphatic heterocycles. The molecule has 1 nitrogen and oxygen atoms in total. The van der Waals surface area contributed by atoms with E-state index < -0.39 is 10.8 Å². The molecule has 0 bridgehead atoms. The molecule has 9 aromatic carbocycles. The van der Waals surface area contributed by atoms with Crippen molar-refractivity contribution in [2.24, 2.45) is 5.92 Å². The Bertz CT molecular complexity index is 3670. The lowest BCUT2D eigenvalue weighted by molar-refractivity contribution is 0.476. The molecule has 13 rings (SSSR count). The van der Waals surface area contributed by atoms with E-state index in [9.17, 15) is 0 Å². The highest BCUT2D eigenvalue weighted by atomic mass is 15.2. The number of nitrogens with zero attached hydrogens (tertiary/aromatic N) is 1. The van der Waals surface area contributed by atoms with Crippen LogP contribution in [0.4, 0.5) is 11.4 Å². The largest absolute Gasteiger partial charge is 0.310 e. The third kappa shape index (κ3) is 6.61. The van der Waals surface area contributed by atoms with Crippen molar-refractivity contribution in [3.8, 4) is 22.3 Å². The molecule has 0 saturated carbocycles. The van der Waals surface area contributed by atoms with Crippen LogP contribution in [-0.2, 0) is 27.1 Å². The number of anilines is 2. The summed E-state index contributed by atoms with van der Waals surface area (Å²) < 4.78 is 0. The lowest BCUT2D eigenvalue weighted by atomic mass is 9.61. The summed E-state index contributed by atoms with van der Waals surface area (Å²) in [5, 5.41) is 0. The maximum absolute atomic E-state index is 2.64. The molecule has 1 heteroatoms. The van der Waals surface area contributed by atoms with Crippen molar-refractivity contribution in [3.63, 3.8) is 0 Å². The first-order chi connectivity index (χ1) is 35.7. The summed E-state index contributed by atoms with van der Waals surface area (Å²) in [7, 11) is 0. The number of allylic oxidation sites excluding steroid dienone is 3. The second-order valence-electron chi connectivity index (χ2n) is 24.0. The lowest BCUT2D eigenvalue weighted by Crippen LogP contribution is -2.36. The third-order valence-corrected chi connectivity index (χ3v) is 17.6. The molecule has 0 spiro atoms. The van der Waals surface area contributed by atoms with Crippen molar-refractivity contribution in [1.29, 1.82) is 0 Å². The van der Waals surface area contributed by atoms with Crippen LogP contribution in [0.2, 0.25) is 0 Å². The molecule has 74 heavy (non-hydrogen) atoms. The molecule has 0 aromatic heterocycles. The van der Waals surface area contributed by atoms with E-state index in [0.717, 1.165) is 17.8 Å². The van der Waals surface area contributed by atoms with Crippen LogP contribution in [0.3, 0.4) is 0 Å². The van der Waals surface area contributed by atoms with E-state index in [1.54, 1.807) is 0 Å². The summed E-state index contributed by atoms with van der Waals surface area (Å²) in [6, 6.07) is 83.9. The van der Waals surface area contributed by atoms with Crippen LogP contribution in [-0.4, -0.2) is 0 Å².